The predicted molar refractivity (Wildman–Crippen MR) is 100.0 cm³/mol. The zero-order chi connectivity index (χ0) is 16.2. The van der Waals surface area contributed by atoms with Gasteiger partial charge in [0, 0.05) is 18.8 Å². The Morgan fingerprint density at radius 3 is 2.75 bits per heavy atom. The Kier molecular flexibility index (Phi) is 6.78. The first kappa shape index (κ1) is 18.9. The molecule has 0 saturated carbocycles. The van der Waals surface area contributed by atoms with Gasteiger partial charge in [-0.25, -0.2) is 4.98 Å². The summed E-state index contributed by atoms with van der Waals surface area (Å²) in [5.74, 6) is 0.782. The molecular weight excluding hydrogens is 324 g/mol. The highest BCUT2D eigenvalue weighted by molar-refractivity contribution is 5.85. The fourth-order valence-electron chi connectivity index (χ4n) is 3.27. The summed E-state index contributed by atoms with van der Waals surface area (Å²) in [5, 5.41) is 3.44. The van der Waals surface area contributed by atoms with Crippen molar-refractivity contribution >= 4 is 18.1 Å². The van der Waals surface area contributed by atoms with E-state index in [0.717, 1.165) is 55.5 Å². The molecule has 0 unspecified atom stereocenters. The molecule has 2 aromatic rings. The molecule has 6 heteroatoms. The van der Waals surface area contributed by atoms with E-state index in [4.69, 9.17) is 0 Å². The molecule has 0 aliphatic carbocycles. The van der Waals surface area contributed by atoms with E-state index in [9.17, 15) is 4.79 Å². The summed E-state index contributed by atoms with van der Waals surface area (Å²) in [4.78, 5) is 19.3. The quantitative estimate of drug-likeness (QED) is 0.898. The molecule has 1 fully saturated rings. The molecule has 5 nitrogen and oxygen atoms in total. The molecule has 0 amide bonds. The lowest BCUT2D eigenvalue weighted by Gasteiger charge is -2.31. The lowest BCUT2D eigenvalue weighted by Crippen LogP contribution is -2.37. The van der Waals surface area contributed by atoms with Crippen LogP contribution in [-0.4, -0.2) is 40.5 Å². The Morgan fingerprint density at radius 1 is 1.29 bits per heavy atom. The highest BCUT2D eigenvalue weighted by atomic mass is 35.5. The van der Waals surface area contributed by atoms with Crippen LogP contribution < -0.4 is 10.9 Å². The van der Waals surface area contributed by atoms with Crippen LogP contribution in [-0.2, 0) is 6.54 Å². The van der Waals surface area contributed by atoms with Crippen molar-refractivity contribution in [2.24, 2.45) is 5.92 Å². The van der Waals surface area contributed by atoms with Crippen molar-refractivity contribution < 1.29 is 0 Å². The maximum atomic E-state index is 12.3. The molecule has 2 aromatic heterocycles. The first-order valence-corrected chi connectivity index (χ1v) is 8.57. The van der Waals surface area contributed by atoms with Crippen LogP contribution in [0.5, 0.6) is 0 Å². The standard InChI is InChI=1S/C18H26N4O.ClH/c1-3-19-11-15-6-8-21(9-7-15)13-16-10-18(23)22-12-14(2)4-5-17(22)20-16;/h4-5,10,12,15,19H,3,6-9,11,13H2,1-2H3;1H. The molecule has 0 atom stereocenters. The number of nitrogens with zero attached hydrogens (tertiary/aromatic N) is 3. The molecular formula is C18H27ClN4O. The third-order valence-electron chi connectivity index (χ3n) is 4.64. The maximum absolute atomic E-state index is 12.3. The fraction of sp³-hybridized carbons (Fsp3) is 0.556. The van der Waals surface area contributed by atoms with Crippen LogP contribution in [0.4, 0.5) is 0 Å². The third kappa shape index (κ3) is 4.56. The summed E-state index contributed by atoms with van der Waals surface area (Å²) in [6.45, 7) is 9.26. The van der Waals surface area contributed by atoms with Crippen LogP contribution in [0.25, 0.3) is 5.65 Å². The van der Waals surface area contributed by atoms with Gasteiger partial charge in [0.2, 0.25) is 0 Å². The van der Waals surface area contributed by atoms with Crippen molar-refractivity contribution in [3.8, 4) is 0 Å². The number of hydrogen-bond donors (Lipinski definition) is 1. The number of halogens is 1. The summed E-state index contributed by atoms with van der Waals surface area (Å²) in [6.07, 6.45) is 4.29. The van der Waals surface area contributed by atoms with Crippen molar-refractivity contribution in [3.63, 3.8) is 0 Å². The monoisotopic (exact) mass is 350 g/mol. The van der Waals surface area contributed by atoms with Gasteiger partial charge in [-0.1, -0.05) is 13.0 Å². The van der Waals surface area contributed by atoms with Crippen molar-refractivity contribution in [2.45, 2.75) is 33.2 Å². The fourth-order valence-corrected chi connectivity index (χ4v) is 3.27. The average Bonchev–Trinajstić information content (AvgIpc) is 2.55. The highest BCUT2D eigenvalue weighted by Gasteiger charge is 2.19. The van der Waals surface area contributed by atoms with Gasteiger partial charge in [-0.3, -0.25) is 14.1 Å². The first-order chi connectivity index (χ1) is 11.2. The molecule has 132 valence electrons. The number of likely N-dealkylation sites (tertiary alicyclic amines) is 1. The second-order valence-electron chi connectivity index (χ2n) is 6.55. The summed E-state index contributed by atoms with van der Waals surface area (Å²) >= 11 is 0. The molecule has 3 heterocycles. The number of nitrogens with one attached hydrogen (secondary N) is 1. The Hall–Kier alpha value is -1.43. The second kappa shape index (κ2) is 8.60. The molecule has 0 aromatic carbocycles. The smallest absolute Gasteiger partial charge is 0.258 e. The van der Waals surface area contributed by atoms with Gasteiger partial charge in [-0.15, -0.1) is 12.4 Å². The van der Waals surface area contributed by atoms with Crippen LogP contribution in [0, 0.1) is 12.8 Å². The lowest BCUT2D eigenvalue weighted by atomic mass is 9.96. The predicted octanol–water partition coefficient (Wildman–Crippen LogP) is 2.25. The number of fused-ring (bicyclic) bond motifs is 1. The Labute approximate surface area is 149 Å². The lowest BCUT2D eigenvalue weighted by molar-refractivity contribution is 0.174. The Bertz CT molecular complexity index is 723. The summed E-state index contributed by atoms with van der Waals surface area (Å²) in [5.41, 5.74) is 2.69. The number of piperidine rings is 1. The van der Waals surface area contributed by atoms with Crippen LogP contribution in [0.1, 0.15) is 31.0 Å². The van der Waals surface area contributed by atoms with Crippen LogP contribution >= 0.6 is 12.4 Å². The maximum Gasteiger partial charge on any atom is 0.258 e. The molecule has 0 bridgehead atoms. The zero-order valence-electron chi connectivity index (χ0n) is 14.5. The van der Waals surface area contributed by atoms with Crippen molar-refractivity contribution in [1.29, 1.82) is 0 Å². The van der Waals surface area contributed by atoms with E-state index in [2.05, 4.69) is 22.1 Å². The topological polar surface area (TPSA) is 49.6 Å². The molecule has 1 aliphatic rings. The normalized spacial score (nSPS) is 16.2. The van der Waals surface area contributed by atoms with E-state index in [0.29, 0.717) is 0 Å². The van der Waals surface area contributed by atoms with Gasteiger partial charge in [-0.05, 0) is 63.5 Å². The van der Waals surface area contributed by atoms with Gasteiger partial charge >= 0.3 is 0 Å². The van der Waals surface area contributed by atoms with E-state index in [-0.39, 0.29) is 18.0 Å². The average molecular weight is 351 g/mol. The van der Waals surface area contributed by atoms with Gasteiger partial charge < -0.3 is 5.32 Å². The molecule has 24 heavy (non-hydrogen) atoms. The number of rotatable bonds is 5. The third-order valence-corrected chi connectivity index (χ3v) is 4.64. The van der Waals surface area contributed by atoms with E-state index in [1.54, 1.807) is 10.5 Å². The van der Waals surface area contributed by atoms with Crippen LogP contribution in [0.2, 0.25) is 0 Å². The number of aromatic nitrogens is 2. The number of aryl methyl sites for hydroxylation is 1. The molecule has 1 aliphatic heterocycles. The highest BCUT2D eigenvalue weighted by Crippen LogP contribution is 2.17. The molecule has 1 saturated heterocycles. The van der Waals surface area contributed by atoms with E-state index >= 15 is 0 Å². The SMILES string of the molecule is CCNCC1CCN(Cc2cc(=O)n3cc(C)ccc3n2)CC1.Cl. The zero-order valence-corrected chi connectivity index (χ0v) is 15.3. The van der Waals surface area contributed by atoms with Gasteiger partial charge in [0.25, 0.3) is 5.56 Å². The van der Waals surface area contributed by atoms with Crippen molar-refractivity contribution in [2.75, 3.05) is 26.2 Å². The molecule has 0 spiro atoms. The minimum atomic E-state index is 0. The van der Waals surface area contributed by atoms with Gasteiger partial charge in [0.1, 0.15) is 5.65 Å². The summed E-state index contributed by atoms with van der Waals surface area (Å²) in [7, 11) is 0. The molecule has 3 rings (SSSR count). The Balaban J connectivity index is 0.00000208. The number of pyridine rings is 1. The first-order valence-electron chi connectivity index (χ1n) is 8.57. The van der Waals surface area contributed by atoms with Crippen LogP contribution in [0.3, 0.4) is 0 Å². The summed E-state index contributed by atoms with van der Waals surface area (Å²) in [6, 6.07) is 5.60. The van der Waals surface area contributed by atoms with E-state index in [1.165, 1.54) is 12.8 Å². The summed E-state index contributed by atoms with van der Waals surface area (Å²) < 4.78 is 1.63. The number of hydrogen-bond acceptors (Lipinski definition) is 4. The van der Waals surface area contributed by atoms with E-state index < -0.39 is 0 Å². The molecule has 0 radical (unpaired) electrons. The minimum absolute atomic E-state index is 0. The Morgan fingerprint density at radius 2 is 2.04 bits per heavy atom. The second-order valence-corrected chi connectivity index (χ2v) is 6.55. The van der Waals surface area contributed by atoms with Gasteiger partial charge in [0.05, 0.1) is 5.69 Å². The largest absolute Gasteiger partial charge is 0.317 e. The van der Waals surface area contributed by atoms with Crippen molar-refractivity contribution in [3.05, 3.63) is 46.0 Å². The minimum Gasteiger partial charge on any atom is -0.317 e. The van der Waals surface area contributed by atoms with Crippen molar-refractivity contribution in [1.82, 2.24) is 19.6 Å². The van der Waals surface area contributed by atoms with Gasteiger partial charge in [0.15, 0.2) is 0 Å². The molecule has 1 N–H and O–H groups in total. The van der Waals surface area contributed by atoms with Crippen LogP contribution in [0.15, 0.2) is 29.2 Å². The van der Waals surface area contributed by atoms with E-state index in [1.807, 2.05) is 25.3 Å². The van der Waals surface area contributed by atoms with Gasteiger partial charge in [-0.2, -0.15) is 0 Å².